The molecule has 0 radical (unpaired) electrons. The van der Waals surface area contributed by atoms with Crippen molar-refractivity contribution in [3.63, 3.8) is 0 Å². The Hall–Kier alpha value is -2.73. The van der Waals surface area contributed by atoms with Crippen molar-refractivity contribution in [1.29, 1.82) is 0 Å². The molecule has 1 atom stereocenters. The molecule has 2 aliphatic rings. The monoisotopic (exact) mass is 403 g/mol. The molecule has 30 heavy (non-hydrogen) atoms. The van der Waals surface area contributed by atoms with Crippen molar-refractivity contribution >= 4 is 16.8 Å². The highest BCUT2D eigenvalue weighted by Gasteiger charge is 2.30. The fourth-order valence-electron chi connectivity index (χ4n) is 4.86. The second kappa shape index (κ2) is 8.19. The van der Waals surface area contributed by atoms with Gasteiger partial charge >= 0.3 is 0 Å². The average Bonchev–Trinajstić information content (AvgIpc) is 3.13. The fraction of sp³-hybridized carbons (Fsp3) is 0.458. The molecular formula is C24H29N5O. The van der Waals surface area contributed by atoms with Gasteiger partial charge in [-0.2, -0.15) is 5.10 Å². The number of benzene rings is 1. The number of aryl methyl sites for hydroxylation is 1. The number of nitrogens with one attached hydrogen (secondary N) is 1. The van der Waals surface area contributed by atoms with E-state index in [2.05, 4.69) is 27.5 Å². The van der Waals surface area contributed by atoms with Gasteiger partial charge in [0.2, 0.25) is 0 Å². The molecule has 1 unspecified atom stereocenters. The number of carbonyl (C=O) groups excluding carboxylic acids is 1. The molecule has 1 fully saturated rings. The molecule has 2 aromatic heterocycles. The quantitative estimate of drug-likeness (QED) is 0.726. The number of hydrogen-bond donors (Lipinski definition) is 1. The first-order valence-electron chi connectivity index (χ1n) is 11.1. The van der Waals surface area contributed by atoms with Crippen molar-refractivity contribution in [3.8, 4) is 0 Å². The highest BCUT2D eigenvalue weighted by atomic mass is 16.2. The van der Waals surface area contributed by atoms with E-state index in [9.17, 15) is 4.79 Å². The number of amides is 1. The number of hydrogen-bond acceptors (Lipinski definition) is 4. The van der Waals surface area contributed by atoms with Crippen molar-refractivity contribution in [1.82, 2.24) is 25.0 Å². The van der Waals surface area contributed by atoms with E-state index >= 15 is 0 Å². The summed E-state index contributed by atoms with van der Waals surface area (Å²) < 4.78 is 1.93. The number of fused-ring (bicyclic) bond motifs is 2. The maximum absolute atomic E-state index is 13.1. The first kappa shape index (κ1) is 19.2. The van der Waals surface area contributed by atoms with Crippen LogP contribution in [0.25, 0.3) is 10.9 Å². The molecule has 6 heteroatoms. The van der Waals surface area contributed by atoms with Crippen LogP contribution < -0.4 is 5.32 Å². The lowest BCUT2D eigenvalue weighted by atomic mass is 9.90. The van der Waals surface area contributed by atoms with Gasteiger partial charge < -0.3 is 10.2 Å². The van der Waals surface area contributed by atoms with E-state index in [1.807, 2.05) is 41.0 Å². The molecule has 1 saturated heterocycles. The third-order valence-electron chi connectivity index (χ3n) is 6.54. The maximum atomic E-state index is 13.1. The first-order valence-corrected chi connectivity index (χ1v) is 11.1. The van der Waals surface area contributed by atoms with Crippen molar-refractivity contribution in [3.05, 3.63) is 59.0 Å². The number of carbonyl (C=O) groups is 1. The smallest absolute Gasteiger partial charge is 0.274 e. The van der Waals surface area contributed by atoms with Gasteiger partial charge in [-0.3, -0.25) is 14.5 Å². The third-order valence-corrected chi connectivity index (χ3v) is 6.54. The highest BCUT2D eigenvalue weighted by molar-refractivity contribution is 5.94. The lowest BCUT2D eigenvalue weighted by Crippen LogP contribution is -2.38. The number of rotatable bonds is 4. The summed E-state index contributed by atoms with van der Waals surface area (Å²) in [6, 6.07) is 10.8. The highest BCUT2D eigenvalue weighted by Crippen LogP contribution is 2.26. The van der Waals surface area contributed by atoms with Crippen molar-refractivity contribution in [2.45, 2.75) is 51.1 Å². The first-order chi connectivity index (χ1) is 14.7. The van der Waals surface area contributed by atoms with Crippen molar-refractivity contribution < 1.29 is 4.79 Å². The molecule has 1 aliphatic carbocycles. The summed E-state index contributed by atoms with van der Waals surface area (Å²) in [6.07, 6.45) is 8.26. The Morgan fingerprint density at radius 1 is 1.20 bits per heavy atom. The molecule has 1 amide bonds. The zero-order valence-corrected chi connectivity index (χ0v) is 17.6. The maximum Gasteiger partial charge on any atom is 0.274 e. The van der Waals surface area contributed by atoms with Crippen LogP contribution in [0.2, 0.25) is 0 Å². The summed E-state index contributed by atoms with van der Waals surface area (Å²) in [4.78, 5) is 19.7. The molecule has 1 aliphatic heterocycles. The van der Waals surface area contributed by atoms with Crippen LogP contribution in [0.3, 0.4) is 0 Å². The number of nitrogens with zero attached hydrogens (tertiary/aromatic N) is 4. The molecule has 1 N–H and O–H groups in total. The topological polar surface area (TPSA) is 63.1 Å². The molecule has 1 aromatic carbocycles. The van der Waals surface area contributed by atoms with Gasteiger partial charge in [-0.15, -0.1) is 0 Å². The number of pyridine rings is 1. The SMILES string of the molecule is Cn1nc(C(=O)N2CCCCC2)c2c1CCC(NCc1cnc3ccccc3c1)C2. The molecule has 5 rings (SSSR count). The van der Waals surface area contributed by atoms with E-state index in [1.165, 1.54) is 23.1 Å². The molecule has 3 heterocycles. The van der Waals surface area contributed by atoms with Crippen molar-refractivity contribution in [2.24, 2.45) is 7.05 Å². The standard InChI is InChI=1S/C24H29N5O/c1-28-22-10-9-19(25-15-17-13-18-7-3-4-8-21(18)26-16-17)14-20(22)23(27-28)24(30)29-11-5-2-6-12-29/h3-4,7-8,13,16,19,25H,2,5-6,9-12,14-15H2,1H3. The lowest BCUT2D eigenvalue weighted by molar-refractivity contribution is 0.0716. The van der Waals surface area contributed by atoms with E-state index in [0.29, 0.717) is 11.7 Å². The summed E-state index contributed by atoms with van der Waals surface area (Å²) in [5, 5.41) is 9.51. The van der Waals surface area contributed by atoms with Crippen LogP contribution in [0.1, 0.15) is 53.0 Å². The molecule has 0 saturated carbocycles. The minimum Gasteiger partial charge on any atom is -0.337 e. The predicted octanol–water partition coefficient (Wildman–Crippen LogP) is 3.24. The second-order valence-corrected chi connectivity index (χ2v) is 8.61. The van der Waals surface area contributed by atoms with Gasteiger partial charge in [-0.25, -0.2) is 0 Å². The third kappa shape index (κ3) is 3.72. The van der Waals surface area contributed by atoms with Crippen LogP contribution in [-0.2, 0) is 26.4 Å². The summed E-state index contributed by atoms with van der Waals surface area (Å²) in [7, 11) is 1.97. The average molecular weight is 404 g/mol. The van der Waals surface area contributed by atoms with Gasteiger partial charge in [-0.05, 0) is 56.2 Å². The van der Waals surface area contributed by atoms with Crippen LogP contribution in [0.4, 0.5) is 0 Å². The minimum atomic E-state index is 0.117. The van der Waals surface area contributed by atoms with E-state index in [1.54, 1.807) is 0 Å². The Bertz CT molecular complexity index is 1070. The van der Waals surface area contributed by atoms with E-state index in [0.717, 1.165) is 62.8 Å². The van der Waals surface area contributed by atoms with Crippen LogP contribution in [0, 0.1) is 0 Å². The lowest BCUT2D eigenvalue weighted by Gasteiger charge is -2.27. The van der Waals surface area contributed by atoms with E-state index in [4.69, 9.17) is 0 Å². The van der Waals surface area contributed by atoms with E-state index in [-0.39, 0.29) is 5.91 Å². The van der Waals surface area contributed by atoms with Gasteiger partial charge in [0, 0.05) is 55.6 Å². The number of para-hydroxylation sites is 1. The molecular weight excluding hydrogens is 374 g/mol. The number of likely N-dealkylation sites (tertiary alicyclic amines) is 1. The van der Waals surface area contributed by atoms with Gasteiger partial charge in [0.15, 0.2) is 5.69 Å². The normalized spacial score (nSPS) is 19.1. The Balaban J connectivity index is 1.29. The Kier molecular flexibility index (Phi) is 5.25. The number of piperidine rings is 1. The minimum absolute atomic E-state index is 0.117. The van der Waals surface area contributed by atoms with Gasteiger partial charge in [-0.1, -0.05) is 18.2 Å². The molecule has 0 bridgehead atoms. The Morgan fingerprint density at radius 2 is 2.03 bits per heavy atom. The number of aromatic nitrogens is 3. The van der Waals surface area contributed by atoms with Crippen LogP contribution in [0.5, 0.6) is 0 Å². The van der Waals surface area contributed by atoms with Crippen LogP contribution in [-0.4, -0.2) is 44.7 Å². The van der Waals surface area contributed by atoms with Gasteiger partial charge in [0.05, 0.1) is 5.52 Å². The largest absolute Gasteiger partial charge is 0.337 e. The molecule has 0 spiro atoms. The second-order valence-electron chi connectivity index (χ2n) is 8.61. The molecule has 6 nitrogen and oxygen atoms in total. The molecule has 3 aromatic rings. The predicted molar refractivity (Wildman–Crippen MR) is 117 cm³/mol. The zero-order chi connectivity index (χ0) is 20.5. The molecule has 156 valence electrons. The van der Waals surface area contributed by atoms with Crippen molar-refractivity contribution in [2.75, 3.05) is 13.1 Å². The van der Waals surface area contributed by atoms with Gasteiger partial charge in [0.25, 0.3) is 5.91 Å². The fourth-order valence-corrected chi connectivity index (χ4v) is 4.86. The van der Waals surface area contributed by atoms with Gasteiger partial charge in [0.1, 0.15) is 0 Å². The summed E-state index contributed by atoms with van der Waals surface area (Å²) in [6.45, 7) is 2.51. The summed E-state index contributed by atoms with van der Waals surface area (Å²) >= 11 is 0. The zero-order valence-electron chi connectivity index (χ0n) is 17.6. The summed E-state index contributed by atoms with van der Waals surface area (Å²) in [5.41, 5.74) is 5.26. The van der Waals surface area contributed by atoms with Crippen LogP contribution in [0.15, 0.2) is 36.5 Å². The summed E-state index contributed by atoms with van der Waals surface area (Å²) in [5.74, 6) is 0.117. The van der Waals surface area contributed by atoms with Crippen LogP contribution >= 0.6 is 0 Å². The Labute approximate surface area is 177 Å². The Morgan fingerprint density at radius 3 is 2.90 bits per heavy atom. The van der Waals surface area contributed by atoms with E-state index < -0.39 is 0 Å².